The molecule has 0 atom stereocenters. The van der Waals surface area contributed by atoms with Crippen LogP contribution in [0.1, 0.15) is 20.8 Å². The lowest BCUT2D eigenvalue weighted by Gasteiger charge is -2.51. The molecule has 1 saturated heterocycles. The minimum Gasteiger partial charge on any atom is -0.341 e. The molecule has 0 N–H and O–H groups in total. The van der Waals surface area contributed by atoms with Gasteiger partial charge in [0.15, 0.2) is 0 Å². The smallest absolute Gasteiger partial charge is 0.205 e. The monoisotopic (exact) mass is 193 g/mol. The first-order valence-corrected chi connectivity index (χ1v) is 5.25. The minimum atomic E-state index is 0.478. The molecule has 1 aromatic heterocycles. The van der Waals surface area contributed by atoms with Gasteiger partial charge in [0, 0.05) is 37.9 Å². The van der Waals surface area contributed by atoms with Crippen molar-refractivity contribution in [3.63, 3.8) is 0 Å². The quantitative estimate of drug-likeness (QED) is 0.715. The van der Waals surface area contributed by atoms with E-state index in [4.69, 9.17) is 0 Å². The molecule has 14 heavy (non-hydrogen) atoms. The molecule has 78 valence electrons. The molecule has 3 nitrogen and oxygen atoms in total. The number of hydrogen-bond donors (Lipinski definition) is 0. The Morgan fingerprint density at radius 3 is 2.50 bits per heavy atom. The van der Waals surface area contributed by atoms with Gasteiger partial charge >= 0.3 is 0 Å². The second-order valence-electron chi connectivity index (χ2n) is 5.00. The van der Waals surface area contributed by atoms with Gasteiger partial charge in [0.05, 0.1) is 0 Å². The first-order valence-electron chi connectivity index (χ1n) is 5.25. The highest BCUT2D eigenvalue weighted by Gasteiger charge is 2.42. The van der Waals surface area contributed by atoms with Crippen LogP contribution in [0.3, 0.4) is 0 Å². The SMILES string of the molecule is CC(C)C1(C)CN(c2nccn2C)C1. The van der Waals surface area contributed by atoms with Crippen LogP contribution >= 0.6 is 0 Å². The number of anilines is 1. The molecule has 0 aliphatic carbocycles. The van der Waals surface area contributed by atoms with Crippen molar-refractivity contribution >= 4 is 5.95 Å². The third-order valence-electron chi connectivity index (χ3n) is 3.58. The van der Waals surface area contributed by atoms with Gasteiger partial charge in [-0.25, -0.2) is 4.98 Å². The zero-order valence-electron chi connectivity index (χ0n) is 9.49. The van der Waals surface area contributed by atoms with Gasteiger partial charge in [0.1, 0.15) is 0 Å². The second kappa shape index (κ2) is 3.01. The van der Waals surface area contributed by atoms with Crippen molar-refractivity contribution in [2.24, 2.45) is 18.4 Å². The fourth-order valence-electron chi connectivity index (χ4n) is 1.99. The van der Waals surface area contributed by atoms with E-state index in [-0.39, 0.29) is 0 Å². The number of rotatable bonds is 2. The third-order valence-corrected chi connectivity index (χ3v) is 3.58. The Labute approximate surface area is 85.7 Å². The zero-order valence-corrected chi connectivity index (χ0v) is 9.49. The highest BCUT2D eigenvalue weighted by atomic mass is 15.3. The predicted octanol–water partition coefficient (Wildman–Crippen LogP) is 1.90. The number of hydrogen-bond acceptors (Lipinski definition) is 2. The number of aryl methyl sites for hydroxylation is 1. The van der Waals surface area contributed by atoms with Crippen molar-refractivity contribution in [2.75, 3.05) is 18.0 Å². The maximum Gasteiger partial charge on any atom is 0.205 e. The Bertz CT molecular complexity index is 321. The summed E-state index contributed by atoms with van der Waals surface area (Å²) in [6.45, 7) is 9.23. The van der Waals surface area contributed by atoms with Crippen LogP contribution in [0.2, 0.25) is 0 Å². The third kappa shape index (κ3) is 1.31. The molecule has 1 aliphatic heterocycles. The molecule has 1 aromatic rings. The fraction of sp³-hybridized carbons (Fsp3) is 0.727. The van der Waals surface area contributed by atoms with E-state index in [1.165, 1.54) is 0 Å². The molecule has 0 bridgehead atoms. The van der Waals surface area contributed by atoms with Gasteiger partial charge in [0.2, 0.25) is 5.95 Å². The summed E-state index contributed by atoms with van der Waals surface area (Å²) < 4.78 is 2.08. The van der Waals surface area contributed by atoms with Gasteiger partial charge in [-0.15, -0.1) is 0 Å². The van der Waals surface area contributed by atoms with Gasteiger partial charge in [-0.3, -0.25) is 0 Å². The topological polar surface area (TPSA) is 21.1 Å². The maximum atomic E-state index is 4.35. The normalized spacial score (nSPS) is 19.9. The van der Waals surface area contributed by atoms with Crippen LogP contribution in [0.4, 0.5) is 5.95 Å². The summed E-state index contributed by atoms with van der Waals surface area (Å²) in [6, 6.07) is 0. The fourth-order valence-corrected chi connectivity index (χ4v) is 1.99. The highest BCUT2D eigenvalue weighted by Crippen LogP contribution is 2.38. The van der Waals surface area contributed by atoms with E-state index >= 15 is 0 Å². The summed E-state index contributed by atoms with van der Waals surface area (Å²) in [5.74, 6) is 1.85. The molecule has 2 rings (SSSR count). The van der Waals surface area contributed by atoms with Crippen LogP contribution in [-0.2, 0) is 7.05 Å². The van der Waals surface area contributed by atoms with E-state index in [0.29, 0.717) is 5.41 Å². The molecule has 0 unspecified atom stereocenters. The Morgan fingerprint density at radius 2 is 2.07 bits per heavy atom. The predicted molar refractivity (Wildman–Crippen MR) is 58.4 cm³/mol. The molecule has 1 fully saturated rings. The van der Waals surface area contributed by atoms with Crippen molar-refractivity contribution in [1.82, 2.24) is 9.55 Å². The molecule has 1 aliphatic rings. The lowest BCUT2D eigenvalue weighted by atomic mass is 9.73. The van der Waals surface area contributed by atoms with Crippen LogP contribution in [-0.4, -0.2) is 22.6 Å². The summed E-state index contributed by atoms with van der Waals surface area (Å²) >= 11 is 0. The van der Waals surface area contributed by atoms with E-state index < -0.39 is 0 Å². The van der Waals surface area contributed by atoms with Crippen molar-refractivity contribution in [1.29, 1.82) is 0 Å². The Balaban J connectivity index is 2.05. The summed E-state index contributed by atoms with van der Waals surface area (Å²) in [7, 11) is 2.05. The first kappa shape index (κ1) is 9.56. The zero-order chi connectivity index (χ0) is 10.3. The van der Waals surface area contributed by atoms with Crippen molar-refractivity contribution in [3.8, 4) is 0 Å². The first-order chi connectivity index (χ1) is 6.53. The molecule has 0 radical (unpaired) electrons. The van der Waals surface area contributed by atoms with Crippen LogP contribution in [0.15, 0.2) is 12.4 Å². The molecule has 2 heterocycles. The van der Waals surface area contributed by atoms with Crippen LogP contribution in [0.25, 0.3) is 0 Å². The van der Waals surface area contributed by atoms with E-state index in [0.717, 1.165) is 25.0 Å². The average Bonchev–Trinajstić information content (AvgIpc) is 2.45. The van der Waals surface area contributed by atoms with Gasteiger partial charge in [-0.1, -0.05) is 20.8 Å². The molecular formula is C11H19N3. The van der Waals surface area contributed by atoms with E-state index in [1.54, 1.807) is 0 Å². The molecule has 0 amide bonds. The Morgan fingerprint density at radius 1 is 1.43 bits per heavy atom. The van der Waals surface area contributed by atoms with E-state index in [9.17, 15) is 0 Å². The summed E-state index contributed by atoms with van der Waals surface area (Å²) in [4.78, 5) is 6.70. The molecule has 0 saturated carbocycles. The molecule has 3 heteroatoms. The Hall–Kier alpha value is -0.990. The maximum absolute atomic E-state index is 4.35. The lowest BCUT2D eigenvalue weighted by Crippen LogP contribution is -2.58. The minimum absolute atomic E-state index is 0.478. The van der Waals surface area contributed by atoms with Crippen molar-refractivity contribution in [3.05, 3.63) is 12.4 Å². The van der Waals surface area contributed by atoms with Crippen LogP contribution < -0.4 is 4.90 Å². The standard InChI is InChI=1S/C11H19N3/c1-9(2)11(3)7-14(8-11)10-12-5-6-13(10)4/h5-6,9H,7-8H2,1-4H3. The van der Waals surface area contributed by atoms with Gasteiger partial charge in [-0.2, -0.15) is 0 Å². The number of imidazole rings is 1. The number of nitrogens with zero attached hydrogens (tertiary/aromatic N) is 3. The van der Waals surface area contributed by atoms with E-state index in [2.05, 4.69) is 35.2 Å². The van der Waals surface area contributed by atoms with Crippen LogP contribution in [0, 0.1) is 11.3 Å². The summed E-state index contributed by atoms with van der Waals surface area (Å²) in [5, 5.41) is 0. The van der Waals surface area contributed by atoms with Gasteiger partial charge in [0.25, 0.3) is 0 Å². The molecule has 0 aromatic carbocycles. The highest BCUT2D eigenvalue weighted by molar-refractivity contribution is 5.37. The Kier molecular flexibility index (Phi) is 2.05. The van der Waals surface area contributed by atoms with Gasteiger partial charge < -0.3 is 9.47 Å². The number of aromatic nitrogens is 2. The second-order valence-corrected chi connectivity index (χ2v) is 5.00. The van der Waals surface area contributed by atoms with Crippen molar-refractivity contribution < 1.29 is 0 Å². The van der Waals surface area contributed by atoms with E-state index in [1.807, 2.05) is 19.4 Å². The average molecular weight is 193 g/mol. The largest absolute Gasteiger partial charge is 0.341 e. The van der Waals surface area contributed by atoms with Crippen LogP contribution in [0.5, 0.6) is 0 Å². The molecule has 0 spiro atoms. The van der Waals surface area contributed by atoms with Crippen molar-refractivity contribution in [2.45, 2.75) is 20.8 Å². The summed E-state index contributed by atoms with van der Waals surface area (Å²) in [6.07, 6.45) is 3.86. The molecular weight excluding hydrogens is 174 g/mol. The lowest BCUT2D eigenvalue weighted by molar-refractivity contribution is 0.158. The summed E-state index contributed by atoms with van der Waals surface area (Å²) in [5.41, 5.74) is 0.478. The van der Waals surface area contributed by atoms with Gasteiger partial charge in [-0.05, 0) is 5.92 Å².